The van der Waals surface area contributed by atoms with Gasteiger partial charge in [-0.2, -0.15) is 0 Å². The average molecular weight is 438 g/mol. The lowest BCUT2D eigenvalue weighted by Gasteiger charge is -2.30. The van der Waals surface area contributed by atoms with Crippen molar-refractivity contribution in [2.45, 2.75) is 136 Å². The topological polar surface area (TPSA) is 29.1 Å². The highest BCUT2D eigenvalue weighted by Gasteiger charge is 2.18. The van der Waals surface area contributed by atoms with Crippen LogP contribution in [0.25, 0.3) is 0 Å². The molecule has 0 aliphatic rings. The summed E-state index contributed by atoms with van der Waals surface area (Å²) in [7, 11) is 4.46. The summed E-state index contributed by atoms with van der Waals surface area (Å²) >= 11 is 0. The molecular formula is C28H57N2O+. The summed E-state index contributed by atoms with van der Waals surface area (Å²) in [4.78, 5) is 12.3. The van der Waals surface area contributed by atoms with Crippen molar-refractivity contribution in [1.29, 1.82) is 0 Å². The standard InChI is InChI=1S/C28H56N2O/c1-6-8-10-12-14-16-17-19-21-23-25-30(4,5)27(3)26-28(31)29-24-22-20-18-15-13-11-9-7-2/h26H,6-25H2,1-5H3/p+1/b27-26+. The van der Waals surface area contributed by atoms with Gasteiger partial charge in [-0.05, 0) is 19.3 Å². The minimum atomic E-state index is 0.0784. The van der Waals surface area contributed by atoms with Gasteiger partial charge in [0.1, 0.15) is 5.70 Å². The van der Waals surface area contributed by atoms with Crippen LogP contribution < -0.4 is 5.32 Å². The Kier molecular flexibility index (Phi) is 20.5. The monoisotopic (exact) mass is 437 g/mol. The fraction of sp³-hybridized carbons (Fsp3) is 0.893. The van der Waals surface area contributed by atoms with E-state index in [4.69, 9.17) is 0 Å². The fourth-order valence-corrected chi connectivity index (χ4v) is 4.06. The van der Waals surface area contributed by atoms with Crippen LogP contribution >= 0.6 is 0 Å². The fourth-order valence-electron chi connectivity index (χ4n) is 4.06. The highest BCUT2D eigenvalue weighted by Crippen LogP contribution is 2.15. The Morgan fingerprint density at radius 3 is 1.48 bits per heavy atom. The van der Waals surface area contributed by atoms with E-state index >= 15 is 0 Å². The molecule has 0 radical (unpaired) electrons. The molecule has 0 fully saturated rings. The first-order valence-corrected chi connectivity index (χ1v) is 13.7. The van der Waals surface area contributed by atoms with E-state index in [1.807, 2.05) is 6.08 Å². The second-order valence-corrected chi connectivity index (χ2v) is 10.1. The van der Waals surface area contributed by atoms with Crippen LogP contribution in [0.2, 0.25) is 0 Å². The van der Waals surface area contributed by atoms with E-state index in [-0.39, 0.29) is 5.91 Å². The molecule has 3 heteroatoms. The molecule has 0 rings (SSSR count). The number of amides is 1. The first kappa shape index (κ1) is 30.2. The van der Waals surface area contributed by atoms with Gasteiger partial charge in [-0.1, -0.05) is 110 Å². The molecule has 0 bridgehead atoms. The summed E-state index contributed by atoms with van der Waals surface area (Å²) in [5.41, 5.74) is 1.16. The quantitative estimate of drug-likeness (QED) is 0.103. The lowest BCUT2D eigenvalue weighted by molar-refractivity contribution is -0.852. The Balaban J connectivity index is 3.78. The summed E-state index contributed by atoms with van der Waals surface area (Å²) in [5.74, 6) is 0.0784. The van der Waals surface area contributed by atoms with Gasteiger partial charge in [-0.25, -0.2) is 0 Å². The maximum Gasteiger partial charge on any atom is 0.249 e. The summed E-state index contributed by atoms with van der Waals surface area (Å²) in [6, 6.07) is 0. The van der Waals surface area contributed by atoms with Crippen LogP contribution in [0, 0.1) is 0 Å². The van der Waals surface area contributed by atoms with Gasteiger partial charge in [-0.3, -0.25) is 9.28 Å². The predicted octanol–water partition coefficient (Wildman–Crippen LogP) is 8.14. The molecule has 1 amide bonds. The zero-order valence-electron chi connectivity index (χ0n) is 22.1. The highest BCUT2D eigenvalue weighted by atomic mass is 16.1. The number of hydrogen-bond donors (Lipinski definition) is 1. The molecule has 0 aromatic rings. The molecule has 0 saturated carbocycles. The minimum absolute atomic E-state index is 0.0784. The number of allylic oxidation sites excluding steroid dienone is 1. The molecule has 0 spiro atoms. The van der Waals surface area contributed by atoms with Gasteiger partial charge in [0.05, 0.1) is 26.7 Å². The minimum Gasteiger partial charge on any atom is -0.352 e. The second kappa shape index (κ2) is 21.0. The van der Waals surface area contributed by atoms with Crippen LogP contribution in [-0.2, 0) is 4.79 Å². The maximum absolute atomic E-state index is 12.3. The highest BCUT2D eigenvalue weighted by molar-refractivity contribution is 5.87. The molecule has 3 nitrogen and oxygen atoms in total. The van der Waals surface area contributed by atoms with E-state index in [2.05, 4.69) is 40.2 Å². The first-order valence-electron chi connectivity index (χ1n) is 13.7. The third-order valence-corrected chi connectivity index (χ3v) is 6.70. The molecule has 0 heterocycles. The lowest BCUT2D eigenvalue weighted by Crippen LogP contribution is -2.39. The van der Waals surface area contributed by atoms with Crippen LogP contribution in [0.5, 0.6) is 0 Å². The van der Waals surface area contributed by atoms with Crippen molar-refractivity contribution in [1.82, 2.24) is 5.32 Å². The first-order chi connectivity index (χ1) is 14.9. The number of carbonyl (C=O) groups excluding carboxylic acids is 1. The van der Waals surface area contributed by atoms with Crippen LogP contribution in [-0.4, -0.2) is 37.6 Å². The van der Waals surface area contributed by atoms with Crippen molar-refractivity contribution in [2.24, 2.45) is 0 Å². The summed E-state index contributed by atoms with van der Waals surface area (Å²) in [6.07, 6.45) is 25.9. The molecule has 0 aliphatic carbocycles. The van der Waals surface area contributed by atoms with Crippen LogP contribution in [0.3, 0.4) is 0 Å². The van der Waals surface area contributed by atoms with Gasteiger partial charge in [0, 0.05) is 13.5 Å². The van der Waals surface area contributed by atoms with E-state index in [0.29, 0.717) is 0 Å². The van der Waals surface area contributed by atoms with E-state index in [1.54, 1.807) is 0 Å². The molecule has 31 heavy (non-hydrogen) atoms. The number of nitrogens with zero attached hydrogens (tertiary/aromatic N) is 1. The molecule has 0 saturated heterocycles. The van der Waals surface area contributed by atoms with E-state index in [9.17, 15) is 4.79 Å². The Hall–Kier alpha value is -0.830. The number of rotatable bonds is 22. The summed E-state index contributed by atoms with van der Waals surface area (Å²) in [5, 5.41) is 3.08. The van der Waals surface area contributed by atoms with Gasteiger partial charge in [-0.15, -0.1) is 0 Å². The summed E-state index contributed by atoms with van der Waals surface area (Å²) in [6.45, 7) is 8.57. The summed E-state index contributed by atoms with van der Waals surface area (Å²) < 4.78 is 0.822. The van der Waals surface area contributed by atoms with E-state index < -0.39 is 0 Å². The predicted molar refractivity (Wildman–Crippen MR) is 138 cm³/mol. The molecule has 0 aromatic heterocycles. The number of carbonyl (C=O) groups is 1. The molecule has 184 valence electrons. The van der Waals surface area contributed by atoms with Gasteiger partial charge in [0.2, 0.25) is 5.91 Å². The average Bonchev–Trinajstić information content (AvgIpc) is 2.73. The lowest BCUT2D eigenvalue weighted by atomic mass is 10.1. The van der Waals surface area contributed by atoms with E-state index in [0.717, 1.165) is 29.7 Å². The van der Waals surface area contributed by atoms with Crippen molar-refractivity contribution >= 4 is 5.91 Å². The Morgan fingerprint density at radius 1 is 0.645 bits per heavy atom. The molecule has 0 aliphatic heterocycles. The molecule has 1 N–H and O–H groups in total. The van der Waals surface area contributed by atoms with Crippen molar-refractivity contribution in [3.63, 3.8) is 0 Å². The Morgan fingerprint density at radius 2 is 1.03 bits per heavy atom. The zero-order valence-corrected chi connectivity index (χ0v) is 22.1. The number of hydrogen-bond acceptors (Lipinski definition) is 1. The SMILES string of the molecule is CCCCCCCCCCCC[N+](C)(C)/C(C)=C/C(=O)NCCCCCCCCCC. The number of nitrogens with one attached hydrogen (secondary N) is 1. The van der Waals surface area contributed by atoms with Gasteiger partial charge in [0.25, 0.3) is 0 Å². The number of quaternary nitrogens is 1. The third kappa shape index (κ3) is 19.6. The smallest absolute Gasteiger partial charge is 0.249 e. The Bertz CT molecular complexity index is 442. The zero-order chi connectivity index (χ0) is 23.2. The van der Waals surface area contributed by atoms with Crippen molar-refractivity contribution in [3.8, 4) is 0 Å². The maximum atomic E-state index is 12.3. The van der Waals surface area contributed by atoms with E-state index in [1.165, 1.54) is 109 Å². The van der Waals surface area contributed by atoms with Crippen LogP contribution in [0.1, 0.15) is 136 Å². The molecule has 0 unspecified atom stereocenters. The molecule has 0 atom stereocenters. The Labute approximate surface area is 196 Å². The van der Waals surface area contributed by atoms with Crippen molar-refractivity contribution in [2.75, 3.05) is 27.2 Å². The van der Waals surface area contributed by atoms with Gasteiger partial charge >= 0.3 is 0 Å². The molecular weight excluding hydrogens is 380 g/mol. The van der Waals surface area contributed by atoms with Gasteiger partial charge in [0.15, 0.2) is 0 Å². The second-order valence-electron chi connectivity index (χ2n) is 10.1. The largest absolute Gasteiger partial charge is 0.352 e. The third-order valence-electron chi connectivity index (χ3n) is 6.70. The number of unbranched alkanes of at least 4 members (excludes halogenated alkanes) is 16. The van der Waals surface area contributed by atoms with Crippen LogP contribution in [0.15, 0.2) is 11.8 Å². The molecule has 0 aromatic carbocycles. The van der Waals surface area contributed by atoms with Crippen molar-refractivity contribution in [3.05, 3.63) is 11.8 Å². The van der Waals surface area contributed by atoms with Gasteiger partial charge < -0.3 is 5.32 Å². The normalized spacial score (nSPS) is 12.4. The van der Waals surface area contributed by atoms with Crippen molar-refractivity contribution < 1.29 is 9.28 Å². The van der Waals surface area contributed by atoms with Crippen LogP contribution in [0.4, 0.5) is 0 Å².